The van der Waals surface area contributed by atoms with Gasteiger partial charge in [-0.15, -0.1) is 0 Å². The largest absolute Gasteiger partial charge is 0.481 e. The first kappa shape index (κ1) is 14.5. The van der Waals surface area contributed by atoms with Crippen molar-refractivity contribution in [2.75, 3.05) is 12.9 Å². The molecule has 2 rings (SSSR count). The Labute approximate surface area is 119 Å². The van der Waals surface area contributed by atoms with Crippen LogP contribution in [0.4, 0.5) is 4.39 Å². The van der Waals surface area contributed by atoms with Crippen LogP contribution >= 0.6 is 11.8 Å². The average Bonchev–Trinajstić information content (AvgIpc) is 2.80. The van der Waals surface area contributed by atoms with E-state index < -0.39 is 5.97 Å². The number of halogens is 1. The maximum absolute atomic E-state index is 13.3. The van der Waals surface area contributed by atoms with Crippen LogP contribution in [0.2, 0.25) is 0 Å². The number of nitrogens with zero attached hydrogens (tertiary/aromatic N) is 2. The number of methoxy groups -OCH3 is 1. The van der Waals surface area contributed by atoms with Crippen LogP contribution in [0.1, 0.15) is 5.69 Å². The van der Waals surface area contributed by atoms with Crippen LogP contribution in [-0.2, 0) is 16.1 Å². The van der Waals surface area contributed by atoms with E-state index in [-0.39, 0.29) is 11.6 Å². The van der Waals surface area contributed by atoms with Gasteiger partial charge >= 0.3 is 5.97 Å². The number of aliphatic carboxylic acids is 1. The maximum Gasteiger partial charge on any atom is 0.313 e. The number of aromatic nitrogens is 2. The summed E-state index contributed by atoms with van der Waals surface area (Å²) in [5, 5.41) is 13.7. The van der Waals surface area contributed by atoms with Crippen molar-refractivity contribution in [1.82, 2.24) is 9.78 Å². The van der Waals surface area contributed by atoms with E-state index in [4.69, 9.17) is 9.84 Å². The zero-order valence-electron chi connectivity index (χ0n) is 10.7. The van der Waals surface area contributed by atoms with Crippen molar-refractivity contribution in [3.05, 3.63) is 41.8 Å². The van der Waals surface area contributed by atoms with Crippen molar-refractivity contribution >= 4 is 17.7 Å². The smallest absolute Gasteiger partial charge is 0.313 e. The molecule has 0 aliphatic carbocycles. The van der Waals surface area contributed by atoms with Crippen molar-refractivity contribution in [2.24, 2.45) is 0 Å². The minimum absolute atomic E-state index is 0.0899. The molecule has 0 saturated heterocycles. The summed E-state index contributed by atoms with van der Waals surface area (Å²) in [6.07, 6.45) is 0. The van der Waals surface area contributed by atoms with E-state index in [1.165, 1.54) is 16.8 Å². The van der Waals surface area contributed by atoms with E-state index in [0.717, 1.165) is 11.8 Å². The summed E-state index contributed by atoms with van der Waals surface area (Å²) < 4.78 is 19.8. The third-order valence-corrected chi connectivity index (χ3v) is 3.39. The fourth-order valence-corrected chi connectivity index (χ4v) is 2.42. The summed E-state index contributed by atoms with van der Waals surface area (Å²) in [5.74, 6) is -1.39. The first-order chi connectivity index (χ1) is 9.60. The Morgan fingerprint density at radius 2 is 2.30 bits per heavy atom. The van der Waals surface area contributed by atoms with Crippen LogP contribution in [0.3, 0.4) is 0 Å². The van der Waals surface area contributed by atoms with Gasteiger partial charge in [0, 0.05) is 7.11 Å². The molecular formula is C13H13FN2O3S. The number of hydrogen-bond donors (Lipinski definition) is 1. The highest BCUT2D eigenvalue weighted by Gasteiger charge is 2.12. The van der Waals surface area contributed by atoms with Crippen molar-refractivity contribution < 1.29 is 19.0 Å². The average molecular weight is 296 g/mol. The van der Waals surface area contributed by atoms with E-state index >= 15 is 0 Å². The molecule has 1 aromatic carbocycles. The van der Waals surface area contributed by atoms with Gasteiger partial charge in [-0.1, -0.05) is 17.8 Å². The standard InChI is InChI=1S/C13H13FN2O3S/c1-19-7-10-6-12(20-8-13(17)18)16(15-10)11-4-2-3-9(14)5-11/h2-6H,7-8H2,1H3,(H,17,18). The second-order valence-corrected chi connectivity index (χ2v) is 4.98. The van der Waals surface area contributed by atoms with Gasteiger partial charge < -0.3 is 9.84 Å². The van der Waals surface area contributed by atoms with Crippen molar-refractivity contribution in [3.63, 3.8) is 0 Å². The first-order valence-corrected chi connectivity index (χ1v) is 6.77. The predicted octanol–water partition coefficient (Wildman–Crippen LogP) is 2.33. The van der Waals surface area contributed by atoms with Gasteiger partial charge in [-0.2, -0.15) is 5.10 Å². The lowest BCUT2D eigenvalue weighted by atomic mass is 10.3. The molecule has 0 fully saturated rings. The lowest BCUT2D eigenvalue weighted by Crippen LogP contribution is -2.03. The monoisotopic (exact) mass is 296 g/mol. The molecule has 0 aliphatic rings. The van der Waals surface area contributed by atoms with Gasteiger partial charge in [-0.25, -0.2) is 9.07 Å². The molecule has 20 heavy (non-hydrogen) atoms. The van der Waals surface area contributed by atoms with Crippen LogP contribution < -0.4 is 0 Å². The van der Waals surface area contributed by atoms with Crippen LogP contribution in [0, 0.1) is 5.82 Å². The molecule has 1 heterocycles. The molecule has 0 unspecified atom stereocenters. The van der Waals surface area contributed by atoms with E-state index in [1.807, 2.05) is 0 Å². The molecule has 0 atom stereocenters. The molecule has 106 valence electrons. The van der Waals surface area contributed by atoms with E-state index in [9.17, 15) is 9.18 Å². The third kappa shape index (κ3) is 3.58. The van der Waals surface area contributed by atoms with Crippen molar-refractivity contribution in [1.29, 1.82) is 0 Å². The Bertz CT molecular complexity index is 615. The number of ether oxygens (including phenoxy) is 1. The molecule has 0 amide bonds. The second-order valence-electron chi connectivity index (χ2n) is 3.98. The molecular weight excluding hydrogens is 283 g/mol. The Balaban J connectivity index is 2.35. The summed E-state index contributed by atoms with van der Waals surface area (Å²) in [5.41, 5.74) is 1.20. The van der Waals surface area contributed by atoms with Crippen molar-refractivity contribution in [3.8, 4) is 5.69 Å². The summed E-state index contributed by atoms with van der Waals surface area (Å²) in [4.78, 5) is 10.7. The van der Waals surface area contributed by atoms with Crippen LogP contribution in [0.15, 0.2) is 35.4 Å². The highest BCUT2D eigenvalue weighted by molar-refractivity contribution is 7.99. The highest BCUT2D eigenvalue weighted by Crippen LogP contribution is 2.23. The van der Waals surface area contributed by atoms with Crippen LogP contribution in [-0.4, -0.2) is 33.7 Å². The molecule has 2 aromatic rings. The zero-order valence-corrected chi connectivity index (χ0v) is 11.6. The normalized spacial score (nSPS) is 10.7. The molecule has 1 aromatic heterocycles. The van der Waals surface area contributed by atoms with Gasteiger partial charge in [-0.3, -0.25) is 4.79 Å². The topological polar surface area (TPSA) is 64.3 Å². The van der Waals surface area contributed by atoms with Gasteiger partial charge in [0.15, 0.2) is 0 Å². The first-order valence-electron chi connectivity index (χ1n) is 5.78. The second kappa shape index (κ2) is 6.53. The van der Waals surface area contributed by atoms with E-state index in [2.05, 4.69) is 5.10 Å². The lowest BCUT2D eigenvalue weighted by molar-refractivity contribution is -0.133. The number of carboxylic acids is 1. The summed E-state index contributed by atoms with van der Waals surface area (Å²) in [6, 6.07) is 7.70. The minimum atomic E-state index is -0.921. The molecule has 7 heteroatoms. The Morgan fingerprint density at radius 1 is 1.50 bits per heavy atom. The number of thioether (sulfide) groups is 1. The van der Waals surface area contributed by atoms with Gasteiger partial charge in [0.05, 0.1) is 23.7 Å². The molecule has 0 spiro atoms. The SMILES string of the molecule is COCc1cc(SCC(=O)O)n(-c2cccc(F)c2)n1. The third-order valence-electron chi connectivity index (χ3n) is 2.42. The molecule has 0 radical (unpaired) electrons. The molecule has 0 saturated carbocycles. The summed E-state index contributed by atoms with van der Waals surface area (Å²) in [7, 11) is 1.55. The summed E-state index contributed by atoms with van der Waals surface area (Å²) in [6.45, 7) is 0.308. The van der Waals surface area contributed by atoms with E-state index in [1.54, 1.807) is 25.3 Å². The molecule has 5 nitrogen and oxygen atoms in total. The van der Waals surface area contributed by atoms with Gasteiger partial charge in [0.25, 0.3) is 0 Å². The summed E-state index contributed by atoms with van der Waals surface area (Å²) >= 11 is 1.13. The predicted molar refractivity (Wildman–Crippen MR) is 72.6 cm³/mol. The molecule has 1 N–H and O–H groups in total. The van der Waals surface area contributed by atoms with Crippen LogP contribution in [0.5, 0.6) is 0 Å². The Morgan fingerprint density at radius 3 is 2.95 bits per heavy atom. The van der Waals surface area contributed by atoms with Gasteiger partial charge in [-0.05, 0) is 24.3 Å². The Hall–Kier alpha value is -1.86. The maximum atomic E-state index is 13.3. The minimum Gasteiger partial charge on any atom is -0.481 e. The number of benzene rings is 1. The fraction of sp³-hybridized carbons (Fsp3) is 0.231. The zero-order chi connectivity index (χ0) is 14.5. The Kier molecular flexibility index (Phi) is 4.75. The van der Waals surface area contributed by atoms with E-state index in [0.29, 0.717) is 23.0 Å². The highest BCUT2D eigenvalue weighted by atomic mass is 32.2. The number of rotatable bonds is 6. The number of carboxylic acid groups (broad SMARTS) is 1. The van der Waals surface area contributed by atoms with Gasteiger partial charge in [0.1, 0.15) is 10.8 Å². The lowest BCUT2D eigenvalue weighted by Gasteiger charge is -2.06. The van der Waals surface area contributed by atoms with Crippen LogP contribution in [0.25, 0.3) is 5.69 Å². The fourth-order valence-electron chi connectivity index (χ4n) is 1.66. The number of hydrogen-bond acceptors (Lipinski definition) is 4. The van der Waals surface area contributed by atoms with Crippen molar-refractivity contribution in [2.45, 2.75) is 11.6 Å². The quantitative estimate of drug-likeness (QED) is 0.829. The molecule has 0 bridgehead atoms. The van der Waals surface area contributed by atoms with Gasteiger partial charge in [0.2, 0.25) is 0 Å². The molecule has 0 aliphatic heterocycles. The number of carbonyl (C=O) groups is 1.